The summed E-state index contributed by atoms with van der Waals surface area (Å²) in [7, 11) is -3.41. The lowest BCUT2D eigenvalue weighted by atomic mass is 10.2. The van der Waals surface area contributed by atoms with E-state index in [9.17, 15) is 8.42 Å². The van der Waals surface area contributed by atoms with Gasteiger partial charge in [0.05, 0.1) is 22.5 Å². The third-order valence-electron chi connectivity index (χ3n) is 2.55. The van der Waals surface area contributed by atoms with E-state index < -0.39 is 9.84 Å². The summed E-state index contributed by atoms with van der Waals surface area (Å²) in [5.74, 6) is 0. The number of anilines is 1. The summed E-state index contributed by atoms with van der Waals surface area (Å²) in [6.07, 6.45) is 1.65. The number of ether oxygens (including phenoxy) is 1. The van der Waals surface area contributed by atoms with Gasteiger partial charge < -0.3 is 10.5 Å². The summed E-state index contributed by atoms with van der Waals surface area (Å²) in [5, 5.41) is 0. The van der Waals surface area contributed by atoms with Gasteiger partial charge in [-0.25, -0.2) is 8.42 Å². The third-order valence-corrected chi connectivity index (χ3v) is 4.41. The number of rotatable bonds is 3. The molecule has 92 valence electrons. The molecule has 0 atom stereocenters. The van der Waals surface area contributed by atoms with Crippen LogP contribution in [-0.2, 0) is 14.6 Å². The molecule has 0 spiro atoms. The average molecular weight is 253 g/mol. The van der Waals surface area contributed by atoms with Gasteiger partial charge in [-0.05, 0) is 37.6 Å². The third kappa shape index (κ3) is 2.21. The van der Waals surface area contributed by atoms with Crippen LogP contribution in [0.3, 0.4) is 0 Å². The standard InChI is InChI=1S/C12H15NO3S/c1-8(2)16-7-11-5-9-3-4-10(13)6-12(9)17(11,14)15/h3-6,8H,7,13H2,1-2H3. The SMILES string of the molecule is CC(C)OCC1=Cc2ccc(N)cc2S1(=O)=O. The minimum Gasteiger partial charge on any atom is -0.399 e. The Bertz CT molecular complexity index is 573. The second-order valence-corrected chi connectivity index (χ2v) is 6.24. The van der Waals surface area contributed by atoms with Crippen LogP contribution in [0.5, 0.6) is 0 Å². The van der Waals surface area contributed by atoms with Gasteiger partial charge in [0.25, 0.3) is 0 Å². The molecule has 0 unspecified atom stereocenters. The minimum absolute atomic E-state index is 0.000110. The zero-order valence-electron chi connectivity index (χ0n) is 9.80. The van der Waals surface area contributed by atoms with Crippen molar-refractivity contribution >= 4 is 21.6 Å². The van der Waals surface area contributed by atoms with Crippen LogP contribution in [-0.4, -0.2) is 21.1 Å². The van der Waals surface area contributed by atoms with Gasteiger partial charge in [0, 0.05) is 5.69 Å². The number of benzene rings is 1. The maximum atomic E-state index is 12.1. The second kappa shape index (κ2) is 4.16. The van der Waals surface area contributed by atoms with Crippen LogP contribution in [0.1, 0.15) is 19.4 Å². The molecule has 2 N–H and O–H groups in total. The maximum Gasteiger partial charge on any atom is 0.205 e. The molecular weight excluding hydrogens is 238 g/mol. The first-order valence-electron chi connectivity index (χ1n) is 5.38. The van der Waals surface area contributed by atoms with Gasteiger partial charge in [0.15, 0.2) is 0 Å². The summed E-state index contributed by atoms with van der Waals surface area (Å²) in [5.41, 5.74) is 6.73. The molecule has 1 aliphatic heterocycles. The number of nitrogen functional groups attached to an aromatic ring is 1. The molecule has 0 amide bonds. The van der Waals surface area contributed by atoms with E-state index >= 15 is 0 Å². The van der Waals surface area contributed by atoms with Crippen molar-refractivity contribution in [1.82, 2.24) is 0 Å². The van der Waals surface area contributed by atoms with Crippen LogP contribution >= 0.6 is 0 Å². The van der Waals surface area contributed by atoms with Gasteiger partial charge in [-0.3, -0.25) is 0 Å². The highest BCUT2D eigenvalue weighted by atomic mass is 32.2. The Kier molecular flexibility index (Phi) is 2.97. The van der Waals surface area contributed by atoms with Crippen LogP contribution < -0.4 is 5.73 Å². The number of hydrogen-bond acceptors (Lipinski definition) is 4. The van der Waals surface area contributed by atoms with E-state index in [1.165, 1.54) is 6.07 Å². The molecule has 1 aromatic rings. The zero-order valence-corrected chi connectivity index (χ0v) is 10.6. The molecule has 1 heterocycles. The van der Waals surface area contributed by atoms with Crippen molar-refractivity contribution in [1.29, 1.82) is 0 Å². The molecule has 4 nitrogen and oxygen atoms in total. The predicted molar refractivity (Wildman–Crippen MR) is 67.1 cm³/mol. The predicted octanol–water partition coefficient (Wildman–Crippen LogP) is 1.82. The van der Waals surface area contributed by atoms with E-state index in [-0.39, 0.29) is 17.6 Å². The Morgan fingerprint density at radius 2 is 2.06 bits per heavy atom. The topological polar surface area (TPSA) is 69.4 Å². The molecule has 1 aromatic carbocycles. The summed E-state index contributed by atoms with van der Waals surface area (Å²) < 4.78 is 29.6. The Labute approximate surface area is 101 Å². The van der Waals surface area contributed by atoms with Gasteiger partial charge in [0.2, 0.25) is 9.84 Å². The van der Waals surface area contributed by atoms with E-state index in [4.69, 9.17) is 10.5 Å². The van der Waals surface area contributed by atoms with E-state index in [0.29, 0.717) is 16.2 Å². The van der Waals surface area contributed by atoms with E-state index in [0.717, 1.165) is 0 Å². The van der Waals surface area contributed by atoms with Gasteiger partial charge in [-0.15, -0.1) is 0 Å². The summed E-state index contributed by atoms with van der Waals surface area (Å²) in [4.78, 5) is 0.576. The van der Waals surface area contributed by atoms with Crippen molar-refractivity contribution in [3.8, 4) is 0 Å². The van der Waals surface area contributed by atoms with Crippen LogP contribution in [0.25, 0.3) is 6.08 Å². The van der Waals surface area contributed by atoms with Crippen LogP contribution in [0.15, 0.2) is 28.0 Å². The molecular formula is C12H15NO3S. The molecule has 0 bridgehead atoms. The molecule has 17 heavy (non-hydrogen) atoms. The molecule has 2 rings (SSSR count). The second-order valence-electron chi connectivity index (χ2n) is 4.27. The van der Waals surface area contributed by atoms with E-state index in [2.05, 4.69) is 0 Å². The highest BCUT2D eigenvalue weighted by Gasteiger charge is 2.29. The highest BCUT2D eigenvalue weighted by Crippen LogP contribution is 2.34. The van der Waals surface area contributed by atoms with E-state index in [1.807, 2.05) is 13.8 Å². The molecule has 0 saturated heterocycles. The lowest BCUT2D eigenvalue weighted by Gasteiger charge is -2.08. The fourth-order valence-electron chi connectivity index (χ4n) is 1.66. The number of nitrogens with two attached hydrogens (primary N) is 1. The van der Waals surface area contributed by atoms with Gasteiger partial charge in [-0.2, -0.15) is 0 Å². The average Bonchev–Trinajstić information content (AvgIpc) is 2.48. The van der Waals surface area contributed by atoms with E-state index in [1.54, 1.807) is 18.2 Å². The smallest absolute Gasteiger partial charge is 0.205 e. The fourth-order valence-corrected chi connectivity index (χ4v) is 3.18. The minimum atomic E-state index is -3.41. The van der Waals surface area contributed by atoms with Crippen molar-refractivity contribution < 1.29 is 13.2 Å². The first kappa shape index (κ1) is 12.1. The first-order chi connectivity index (χ1) is 7.91. The Balaban J connectivity index is 2.36. The lowest BCUT2D eigenvalue weighted by molar-refractivity contribution is 0.101. The van der Waals surface area contributed by atoms with Crippen molar-refractivity contribution in [2.24, 2.45) is 0 Å². The molecule has 0 saturated carbocycles. The number of sulfone groups is 1. The van der Waals surface area contributed by atoms with Crippen molar-refractivity contribution in [3.05, 3.63) is 28.7 Å². The molecule has 0 radical (unpaired) electrons. The molecule has 5 heteroatoms. The van der Waals surface area contributed by atoms with Crippen LogP contribution in [0.4, 0.5) is 5.69 Å². The molecule has 0 aliphatic carbocycles. The normalized spacial score (nSPS) is 17.0. The fraction of sp³-hybridized carbons (Fsp3) is 0.333. The van der Waals surface area contributed by atoms with Crippen molar-refractivity contribution in [3.63, 3.8) is 0 Å². The van der Waals surface area contributed by atoms with Gasteiger partial charge in [0.1, 0.15) is 0 Å². The monoisotopic (exact) mass is 253 g/mol. The van der Waals surface area contributed by atoms with Gasteiger partial charge >= 0.3 is 0 Å². The summed E-state index contributed by atoms with van der Waals surface area (Å²) >= 11 is 0. The zero-order chi connectivity index (χ0) is 12.6. The number of fused-ring (bicyclic) bond motifs is 1. The quantitative estimate of drug-likeness (QED) is 0.834. The van der Waals surface area contributed by atoms with Crippen LogP contribution in [0.2, 0.25) is 0 Å². The Morgan fingerprint density at radius 3 is 2.71 bits per heavy atom. The van der Waals surface area contributed by atoms with Crippen molar-refractivity contribution in [2.75, 3.05) is 12.3 Å². The highest BCUT2D eigenvalue weighted by molar-refractivity contribution is 7.95. The lowest BCUT2D eigenvalue weighted by Crippen LogP contribution is -2.11. The summed E-state index contributed by atoms with van der Waals surface area (Å²) in [6, 6.07) is 4.89. The maximum absolute atomic E-state index is 12.1. The summed E-state index contributed by atoms with van der Waals surface area (Å²) in [6.45, 7) is 3.84. The van der Waals surface area contributed by atoms with Crippen molar-refractivity contribution in [2.45, 2.75) is 24.8 Å². The molecule has 0 aromatic heterocycles. The Hall–Kier alpha value is -1.33. The van der Waals surface area contributed by atoms with Gasteiger partial charge in [-0.1, -0.05) is 6.07 Å². The first-order valence-corrected chi connectivity index (χ1v) is 6.86. The molecule has 0 fully saturated rings. The molecule has 1 aliphatic rings. The Morgan fingerprint density at radius 1 is 1.35 bits per heavy atom. The largest absolute Gasteiger partial charge is 0.399 e. The van der Waals surface area contributed by atoms with Crippen LogP contribution in [0, 0.1) is 0 Å². The number of hydrogen-bond donors (Lipinski definition) is 1.